The monoisotopic (exact) mass is 941 g/mol. The van der Waals surface area contributed by atoms with Gasteiger partial charge < -0.3 is 4.57 Å². The average Bonchev–Trinajstić information content (AvgIpc) is 4.00. The molecule has 0 N–H and O–H groups in total. The molecule has 0 amide bonds. The van der Waals surface area contributed by atoms with Crippen molar-refractivity contribution in [1.82, 2.24) is 4.57 Å². The molecule has 0 aliphatic carbocycles. The molecule has 13 aromatic rings. The van der Waals surface area contributed by atoms with E-state index in [9.17, 15) is 0 Å². The Morgan fingerprint density at radius 1 is 0.271 bits per heavy atom. The van der Waals surface area contributed by atoms with Crippen molar-refractivity contribution < 1.29 is 0 Å². The minimum Gasteiger partial charge on any atom is -0.309 e. The molecule has 0 fully saturated rings. The summed E-state index contributed by atoms with van der Waals surface area (Å²) in [7, 11) is -5.88. The molecular weight excluding hydrogens is 895 g/mol. The lowest BCUT2D eigenvalue weighted by Gasteiger charge is -2.35. The Kier molecular flexibility index (Phi) is 10.5. The van der Waals surface area contributed by atoms with Gasteiger partial charge in [-0.25, -0.2) is 0 Å². The number of thiophene rings is 1. The van der Waals surface area contributed by atoms with E-state index in [2.05, 4.69) is 290 Å². The Morgan fingerprint density at radius 3 is 1.19 bits per heavy atom. The first-order chi connectivity index (χ1) is 34.7. The largest absolute Gasteiger partial charge is 0.309 e. The molecule has 330 valence electrons. The molecule has 0 unspecified atom stereocenters. The van der Waals surface area contributed by atoms with E-state index in [1.54, 1.807) is 0 Å². The van der Waals surface area contributed by atoms with Crippen LogP contribution in [0.3, 0.4) is 0 Å². The zero-order chi connectivity index (χ0) is 46.5. The number of nitrogens with zero attached hydrogens (tertiary/aromatic N) is 1. The SMILES string of the molecule is c1ccc([Si](c2ccccc2)(c2ccc(-n3c4ccccc4c4ccccc43)cc2)c2cccc(-c3cccc([Si](c4ccccc4)(c4ccccc4)c4cccc5c4sc4ccccc45)c3)c2)cc1. The van der Waals surface area contributed by atoms with E-state index in [4.69, 9.17) is 0 Å². The summed E-state index contributed by atoms with van der Waals surface area (Å²) in [4.78, 5) is 0. The molecule has 13 rings (SSSR count). The maximum Gasteiger partial charge on any atom is 0.181 e. The van der Waals surface area contributed by atoms with Gasteiger partial charge in [-0.2, -0.15) is 0 Å². The van der Waals surface area contributed by atoms with Crippen LogP contribution in [0.2, 0.25) is 0 Å². The fourth-order valence-corrected chi connectivity index (χ4v) is 23.0. The normalized spacial score (nSPS) is 12.0. The average molecular weight is 942 g/mol. The first-order valence-corrected chi connectivity index (χ1v) is 29.0. The van der Waals surface area contributed by atoms with Gasteiger partial charge in [0.25, 0.3) is 0 Å². The molecule has 1 nitrogen and oxygen atoms in total. The second-order valence-corrected chi connectivity index (χ2v) is 27.0. The molecule has 4 heteroatoms. The Balaban J connectivity index is 1.02. The number of hydrogen-bond donors (Lipinski definition) is 0. The van der Waals surface area contributed by atoms with Crippen LogP contribution in [0.15, 0.2) is 285 Å². The number of fused-ring (bicyclic) bond motifs is 6. The summed E-state index contributed by atoms with van der Waals surface area (Å²) in [6.07, 6.45) is 0. The van der Waals surface area contributed by atoms with Crippen molar-refractivity contribution in [2.75, 3.05) is 0 Å². The highest BCUT2D eigenvalue weighted by molar-refractivity contribution is 7.30. The highest BCUT2D eigenvalue weighted by Gasteiger charge is 2.44. The topological polar surface area (TPSA) is 4.93 Å². The number of aromatic nitrogens is 1. The van der Waals surface area contributed by atoms with E-state index in [0.29, 0.717) is 0 Å². The van der Waals surface area contributed by atoms with Crippen LogP contribution in [0.25, 0.3) is 58.8 Å². The minimum absolute atomic E-state index is 1.16. The highest BCUT2D eigenvalue weighted by atomic mass is 32.1. The van der Waals surface area contributed by atoms with Crippen LogP contribution >= 0.6 is 11.3 Å². The van der Waals surface area contributed by atoms with Gasteiger partial charge in [0.1, 0.15) is 0 Å². The van der Waals surface area contributed by atoms with Gasteiger partial charge in [0.15, 0.2) is 16.1 Å². The third-order valence-electron chi connectivity index (χ3n) is 14.7. The van der Waals surface area contributed by atoms with Crippen molar-refractivity contribution in [3.8, 4) is 16.8 Å². The molecule has 0 aliphatic rings. The first kappa shape index (κ1) is 42.0. The lowest BCUT2D eigenvalue weighted by atomic mass is 10.1. The minimum atomic E-state index is -2.95. The standard InChI is InChI=1S/C66H47NSSi2/c1-5-24-51(25-6-1)69(52-26-7-2-8-27-52,55-44-42-50(43-45-55)67-62-38-16-13-34-58(62)59-35-14-17-39-63(59)67)56-32-19-22-48(46-56)49-23-20-33-57(47-49)70(53-28-9-3-10-29-53,54-30-11-4-12-31-54)65-41-21-37-61-60-36-15-18-40-64(60)68-66(61)65/h1-47H. The highest BCUT2D eigenvalue weighted by Crippen LogP contribution is 2.35. The zero-order valence-corrected chi connectivity index (χ0v) is 41.3. The van der Waals surface area contributed by atoms with Gasteiger partial charge in [-0.05, 0) is 83.0 Å². The smallest absolute Gasteiger partial charge is 0.181 e. The Labute approximate surface area is 414 Å². The summed E-state index contributed by atoms with van der Waals surface area (Å²) >= 11 is 1.94. The van der Waals surface area contributed by atoms with Gasteiger partial charge in [-0.15, -0.1) is 11.3 Å². The molecule has 0 atom stereocenters. The summed E-state index contributed by atoms with van der Waals surface area (Å²) < 4.78 is 5.12. The van der Waals surface area contributed by atoms with Crippen LogP contribution < -0.4 is 41.5 Å². The maximum absolute atomic E-state index is 2.95. The van der Waals surface area contributed by atoms with Crippen LogP contribution in [-0.2, 0) is 0 Å². The van der Waals surface area contributed by atoms with Crippen LogP contribution in [0.4, 0.5) is 0 Å². The third kappa shape index (κ3) is 6.63. The van der Waals surface area contributed by atoms with Crippen molar-refractivity contribution in [1.29, 1.82) is 0 Å². The van der Waals surface area contributed by atoms with Crippen LogP contribution in [0.1, 0.15) is 0 Å². The second kappa shape index (κ2) is 17.4. The second-order valence-electron chi connectivity index (χ2n) is 18.3. The van der Waals surface area contributed by atoms with Gasteiger partial charge in [0, 0.05) is 36.6 Å². The molecule has 0 saturated heterocycles. The van der Waals surface area contributed by atoms with E-state index in [-0.39, 0.29) is 0 Å². The summed E-state index contributed by atoms with van der Waals surface area (Å²) in [6, 6.07) is 108. The number of hydrogen-bond acceptors (Lipinski definition) is 1. The lowest BCUT2D eigenvalue weighted by molar-refractivity contribution is 1.18. The molecule has 0 saturated carbocycles. The summed E-state index contributed by atoms with van der Waals surface area (Å²) in [5.41, 5.74) is 6.03. The summed E-state index contributed by atoms with van der Waals surface area (Å²) in [5.74, 6) is 0. The van der Waals surface area contributed by atoms with Gasteiger partial charge in [-0.1, -0.05) is 255 Å². The van der Waals surface area contributed by atoms with Crippen molar-refractivity contribution in [2.45, 2.75) is 0 Å². The molecular formula is C66H47NSSi2. The molecule has 0 radical (unpaired) electrons. The Hall–Kier alpha value is -8.13. The van der Waals surface area contributed by atoms with Crippen LogP contribution in [-0.4, -0.2) is 20.7 Å². The van der Waals surface area contributed by atoms with Crippen molar-refractivity contribution >= 4 is 111 Å². The first-order valence-electron chi connectivity index (χ1n) is 24.2. The van der Waals surface area contributed by atoms with Gasteiger partial charge in [-0.3, -0.25) is 0 Å². The number of rotatable bonds is 10. The molecule has 2 heterocycles. The van der Waals surface area contributed by atoms with E-state index >= 15 is 0 Å². The molecule has 0 bridgehead atoms. The summed E-state index contributed by atoms with van der Waals surface area (Å²) in [5, 5.41) is 16.1. The van der Waals surface area contributed by atoms with E-state index in [1.807, 2.05) is 11.3 Å². The predicted molar refractivity (Wildman–Crippen MR) is 306 cm³/mol. The zero-order valence-electron chi connectivity index (χ0n) is 38.5. The maximum atomic E-state index is 2.53. The fraction of sp³-hybridized carbons (Fsp3) is 0. The van der Waals surface area contributed by atoms with Crippen molar-refractivity contribution in [3.63, 3.8) is 0 Å². The lowest BCUT2D eigenvalue weighted by Crippen LogP contribution is -2.75. The van der Waals surface area contributed by atoms with E-state index in [0.717, 1.165) is 5.69 Å². The van der Waals surface area contributed by atoms with Gasteiger partial charge in [0.05, 0.1) is 11.0 Å². The molecule has 0 spiro atoms. The van der Waals surface area contributed by atoms with E-state index < -0.39 is 16.1 Å². The predicted octanol–water partition coefficient (Wildman–Crippen LogP) is 11.6. The van der Waals surface area contributed by atoms with Crippen molar-refractivity contribution in [2.24, 2.45) is 0 Å². The van der Waals surface area contributed by atoms with Crippen LogP contribution in [0.5, 0.6) is 0 Å². The third-order valence-corrected chi connectivity index (χ3v) is 25.7. The van der Waals surface area contributed by atoms with E-state index in [1.165, 1.54) is 94.6 Å². The molecule has 11 aromatic carbocycles. The fourth-order valence-electron chi connectivity index (χ4n) is 11.7. The Morgan fingerprint density at radius 2 is 0.657 bits per heavy atom. The van der Waals surface area contributed by atoms with Crippen LogP contribution in [0, 0.1) is 0 Å². The Bertz CT molecular complexity index is 3860. The van der Waals surface area contributed by atoms with Gasteiger partial charge in [0.2, 0.25) is 0 Å². The summed E-state index contributed by atoms with van der Waals surface area (Å²) in [6.45, 7) is 0. The van der Waals surface area contributed by atoms with Gasteiger partial charge >= 0.3 is 0 Å². The quantitative estimate of drug-likeness (QED) is 0.0951. The molecule has 70 heavy (non-hydrogen) atoms. The number of para-hydroxylation sites is 2. The van der Waals surface area contributed by atoms with Crippen molar-refractivity contribution in [3.05, 3.63) is 285 Å². The number of benzene rings is 11. The molecule has 2 aromatic heterocycles. The molecule has 0 aliphatic heterocycles.